The second-order valence-corrected chi connectivity index (χ2v) is 6.34. The maximum absolute atomic E-state index is 13.6. The lowest BCUT2D eigenvalue weighted by Gasteiger charge is -2.30. The van der Waals surface area contributed by atoms with E-state index in [1.54, 1.807) is 19.1 Å². The number of para-hydroxylation sites is 2. The Morgan fingerprint density at radius 2 is 2.04 bits per heavy atom. The predicted molar refractivity (Wildman–Crippen MR) is 98.2 cm³/mol. The molecule has 0 fully saturated rings. The first-order chi connectivity index (χ1) is 12.5. The number of hydrogen-bond acceptors (Lipinski definition) is 4. The van der Waals surface area contributed by atoms with Crippen molar-refractivity contribution in [3.8, 4) is 11.5 Å². The van der Waals surface area contributed by atoms with Crippen molar-refractivity contribution >= 4 is 11.6 Å². The molecule has 2 aromatic carbocycles. The van der Waals surface area contributed by atoms with E-state index in [2.05, 4.69) is 5.32 Å². The van der Waals surface area contributed by atoms with E-state index in [0.29, 0.717) is 30.9 Å². The number of halogens is 1. The Kier molecular flexibility index (Phi) is 5.73. The van der Waals surface area contributed by atoms with Crippen LogP contribution in [0.1, 0.15) is 12.5 Å². The first-order valence-corrected chi connectivity index (χ1v) is 8.72. The van der Waals surface area contributed by atoms with E-state index < -0.39 is 0 Å². The minimum absolute atomic E-state index is 0.144. The Balaban J connectivity index is 1.54. The van der Waals surface area contributed by atoms with Crippen molar-refractivity contribution in [2.24, 2.45) is 0 Å². The molecular weight excluding hydrogens is 335 g/mol. The van der Waals surface area contributed by atoms with Crippen molar-refractivity contribution in [3.05, 3.63) is 53.8 Å². The number of benzene rings is 2. The van der Waals surface area contributed by atoms with Gasteiger partial charge in [-0.05, 0) is 43.3 Å². The van der Waals surface area contributed by atoms with E-state index in [4.69, 9.17) is 9.47 Å². The smallest absolute Gasteiger partial charge is 0.238 e. The molecule has 5 nitrogen and oxygen atoms in total. The number of hydrogen-bond donors (Lipinski definition) is 1. The Morgan fingerprint density at radius 3 is 2.77 bits per heavy atom. The van der Waals surface area contributed by atoms with E-state index in [1.807, 2.05) is 36.1 Å². The van der Waals surface area contributed by atoms with Gasteiger partial charge in [0, 0.05) is 12.2 Å². The van der Waals surface area contributed by atoms with Crippen LogP contribution in [0.2, 0.25) is 0 Å². The molecule has 1 N–H and O–H groups in total. The molecule has 1 amide bonds. The van der Waals surface area contributed by atoms with Gasteiger partial charge in [-0.2, -0.15) is 0 Å². The average Bonchev–Trinajstić information content (AvgIpc) is 2.64. The van der Waals surface area contributed by atoms with Crippen LogP contribution in [-0.4, -0.2) is 43.2 Å². The van der Waals surface area contributed by atoms with Crippen molar-refractivity contribution in [2.75, 3.05) is 31.6 Å². The van der Waals surface area contributed by atoms with E-state index in [9.17, 15) is 9.18 Å². The highest BCUT2D eigenvalue weighted by molar-refractivity contribution is 5.92. The highest BCUT2D eigenvalue weighted by atomic mass is 19.1. The van der Waals surface area contributed by atoms with Crippen LogP contribution in [0, 0.1) is 12.7 Å². The molecule has 1 aliphatic heterocycles. The Bertz CT molecular complexity index is 781. The number of likely N-dealkylation sites (N-methyl/N-ethyl adjacent to an activating group) is 1. The zero-order valence-electron chi connectivity index (χ0n) is 15.0. The fourth-order valence-corrected chi connectivity index (χ4v) is 2.82. The summed E-state index contributed by atoms with van der Waals surface area (Å²) in [4.78, 5) is 14.2. The van der Waals surface area contributed by atoms with E-state index in [0.717, 1.165) is 11.5 Å². The van der Waals surface area contributed by atoms with Gasteiger partial charge in [0.25, 0.3) is 0 Å². The van der Waals surface area contributed by atoms with Gasteiger partial charge >= 0.3 is 0 Å². The van der Waals surface area contributed by atoms with Crippen molar-refractivity contribution in [1.82, 2.24) is 4.90 Å². The predicted octanol–water partition coefficient (Wildman–Crippen LogP) is 3.23. The van der Waals surface area contributed by atoms with Gasteiger partial charge in [0.2, 0.25) is 5.91 Å². The van der Waals surface area contributed by atoms with Crippen LogP contribution in [-0.2, 0) is 4.79 Å². The van der Waals surface area contributed by atoms with Gasteiger partial charge < -0.3 is 14.8 Å². The molecule has 26 heavy (non-hydrogen) atoms. The lowest BCUT2D eigenvalue weighted by molar-refractivity contribution is -0.117. The molecule has 1 atom stereocenters. The van der Waals surface area contributed by atoms with Crippen molar-refractivity contribution in [3.63, 3.8) is 0 Å². The van der Waals surface area contributed by atoms with Crippen molar-refractivity contribution in [2.45, 2.75) is 20.0 Å². The van der Waals surface area contributed by atoms with Gasteiger partial charge in [0.15, 0.2) is 11.5 Å². The van der Waals surface area contributed by atoms with Gasteiger partial charge in [-0.15, -0.1) is 0 Å². The highest BCUT2D eigenvalue weighted by Gasteiger charge is 2.23. The summed E-state index contributed by atoms with van der Waals surface area (Å²) < 4.78 is 25.3. The number of aryl methyl sites for hydroxylation is 1. The molecule has 1 aliphatic rings. The number of carbonyl (C=O) groups is 1. The van der Waals surface area contributed by atoms with Crippen LogP contribution in [0.3, 0.4) is 0 Å². The van der Waals surface area contributed by atoms with Gasteiger partial charge in [-0.25, -0.2) is 4.39 Å². The van der Waals surface area contributed by atoms with Crippen LogP contribution in [0.4, 0.5) is 10.1 Å². The first kappa shape index (κ1) is 18.2. The SMILES string of the molecule is CCN(CC(=O)Nc1ccc(C)c(F)c1)CC1COc2ccccc2O1. The topological polar surface area (TPSA) is 50.8 Å². The molecule has 0 aliphatic carbocycles. The largest absolute Gasteiger partial charge is 0.486 e. The fourth-order valence-electron chi connectivity index (χ4n) is 2.82. The third-order valence-corrected chi connectivity index (χ3v) is 4.30. The normalized spacial score (nSPS) is 15.8. The monoisotopic (exact) mass is 358 g/mol. The summed E-state index contributed by atoms with van der Waals surface area (Å²) in [5, 5.41) is 2.73. The number of carbonyl (C=O) groups excluding carboxylic acids is 1. The van der Waals surface area contributed by atoms with Gasteiger partial charge in [0.1, 0.15) is 18.5 Å². The maximum atomic E-state index is 13.6. The molecule has 2 aromatic rings. The third kappa shape index (κ3) is 4.52. The molecule has 0 spiro atoms. The minimum Gasteiger partial charge on any atom is -0.486 e. The highest BCUT2D eigenvalue weighted by Crippen LogP contribution is 2.31. The molecule has 0 bridgehead atoms. The van der Waals surface area contributed by atoms with Crippen LogP contribution >= 0.6 is 0 Å². The molecule has 0 saturated carbocycles. The number of nitrogens with one attached hydrogen (secondary N) is 1. The molecular formula is C20H23FN2O3. The number of ether oxygens (including phenoxy) is 2. The second-order valence-electron chi connectivity index (χ2n) is 6.34. The lowest BCUT2D eigenvalue weighted by Crippen LogP contribution is -2.43. The molecule has 0 radical (unpaired) electrons. The summed E-state index contributed by atoms with van der Waals surface area (Å²) in [6, 6.07) is 12.2. The third-order valence-electron chi connectivity index (χ3n) is 4.30. The first-order valence-electron chi connectivity index (χ1n) is 8.72. The Morgan fingerprint density at radius 1 is 1.27 bits per heavy atom. The second kappa shape index (κ2) is 8.19. The molecule has 0 aromatic heterocycles. The molecule has 1 unspecified atom stereocenters. The van der Waals surface area contributed by atoms with Crippen LogP contribution in [0.15, 0.2) is 42.5 Å². The standard InChI is InChI=1S/C20H23FN2O3/c1-3-23(11-16-13-25-18-6-4-5-7-19(18)26-16)12-20(24)22-15-9-8-14(2)17(21)10-15/h4-10,16H,3,11-13H2,1-2H3,(H,22,24). The van der Waals surface area contributed by atoms with E-state index in [-0.39, 0.29) is 24.4 Å². The summed E-state index contributed by atoms with van der Waals surface area (Å²) in [5.74, 6) is 0.944. The zero-order valence-corrected chi connectivity index (χ0v) is 15.0. The van der Waals surface area contributed by atoms with Gasteiger partial charge in [-0.3, -0.25) is 9.69 Å². The summed E-state index contributed by atoms with van der Waals surface area (Å²) in [7, 11) is 0. The summed E-state index contributed by atoms with van der Waals surface area (Å²) in [5.41, 5.74) is 1.01. The van der Waals surface area contributed by atoms with Crippen LogP contribution in [0.5, 0.6) is 11.5 Å². The number of rotatable bonds is 6. The molecule has 3 rings (SSSR count). The molecule has 1 heterocycles. The number of amides is 1. The van der Waals surface area contributed by atoms with Crippen molar-refractivity contribution < 1.29 is 18.7 Å². The quantitative estimate of drug-likeness (QED) is 0.861. The summed E-state index contributed by atoms with van der Waals surface area (Å²) >= 11 is 0. The maximum Gasteiger partial charge on any atom is 0.238 e. The Hall–Kier alpha value is -2.60. The Labute approximate surface area is 152 Å². The summed E-state index contributed by atoms with van der Waals surface area (Å²) in [6.07, 6.45) is -0.144. The minimum atomic E-state index is -0.332. The van der Waals surface area contributed by atoms with Gasteiger partial charge in [-0.1, -0.05) is 25.1 Å². The van der Waals surface area contributed by atoms with Crippen LogP contribution < -0.4 is 14.8 Å². The molecule has 6 heteroatoms. The fraction of sp³-hybridized carbons (Fsp3) is 0.350. The van der Waals surface area contributed by atoms with Crippen LogP contribution in [0.25, 0.3) is 0 Å². The lowest BCUT2D eigenvalue weighted by atomic mass is 10.2. The van der Waals surface area contributed by atoms with Crippen molar-refractivity contribution in [1.29, 1.82) is 0 Å². The average molecular weight is 358 g/mol. The van der Waals surface area contributed by atoms with E-state index in [1.165, 1.54) is 6.07 Å². The van der Waals surface area contributed by atoms with Gasteiger partial charge in [0.05, 0.1) is 6.54 Å². The number of fused-ring (bicyclic) bond motifs is 1. The van der Waals surface area contributed by atoms with E-state index >= 15 is 0 Å². The number of anilines is 1. The zero-order chi connectivity index (χ0) is 18.5. The number of nitrogens with zero attached hydrogens (tertiary/aromatic N) is 1. The molecule has 0 saturated heterocycles. The summed E-state index contributed by atoms with van der Waals surface area (Å²) in [6.45, 7) is 5.57. The molecule has 138 valence electrons.